The SMILES string of the molecule is O=C(Nc1nnc(/C=C/c2ccco2)s1)C1CCCN1. The van der Waals surface area contributed by atoms with Gasteiger partial charge in [-0.15, -0.1) is 10.2 Å². The van der Waals surface area contributed by atoms with E-state index in [-0.39, 0.29) is 11.9 Å². The summed E-state index contributed by atoms with van der Waals surface area (Å²) in [6.07, 6.45) is 7.13. The van der Waals surface area contributed by atoms with Gasteiger partial charge in [0.25, 0.3) is 0 Å². The molecule has 1 amide bonds. The van der Waals surface area contributed by atoms with Gasteiger partial charge < -0.3 is 9.73 Å². The second-order valence-electron chi connectivity index (χ2n) is 4.43. The molecule has 1 fully saturated rings. The van der Waals surface area contributed by atoms with Crippen molar-refractivity contribution in [1.29, 1.82) is 0 Å². The fourth-order valence-corrected chi connectivity index (χ4v) is 2.64. The van der Waals surface area contributed by atoms with E-state index in [1.165, 1.54) is 11.3 Å². The molecule has 0 spiro atoms. The number of amides is 1. The molecule has 20 heavy (non-hydrogen) atoms. The zero-order valence-corrected chi connectivity index (χ0v) is 11.5. The third kappa shape index (κ3) is 3.12. The van der Waals surface area contributed by atoms with Crippen molar-refractivity contribution in [3.05, 3.63) is 29.2 Å². The fraction of sp³-hybridized carbons (Fsp3) is 0.308. The van der Waals surface area contributed by atoms with Crippen LogP contribution in [0.2, 0.25) is 0 Å². The van der Waals surface area contributed by atoms with Gasteiger partial charge in [0.15, 0.2) is 0 Å². The van der Waals surface area contributed by atoms with Crippen LogP contribution in [0.15, 0.2) is 22.8 Å². The Morgan fingerprint density at radius 2 is 2.45 bits per heavy atom. The number of nitrogens with one attached hydrogen (secondary N) is 2. The highest BCUT2D eigenvalue weighted by Gasteiger charge is 2.22. The van der Waals surface area contributed by atoms with E-state index in [4.69, 9.17) is 4.42 Å². The minimum atomic E-state index is -0.110. The van der Waals surface area contributed by atoms with Crippen LogP contribution in [-0.4, -0.2) is 28.7 Å². The van der Waals surface area contributed by atoms with Crippen LogP contribution in [0.1, 0.15) is 23.6 Å². The first-order valence-corrected chi connectivity index (χ1v) is 7.22. The van der Waals surface area contributed by atoms with Crippen molar-refractivity contribution in [2.24, 2.45) is 0 Å². The maximum Gasteiger partial charge on any atom is 0.243 e. The van der Waals surface area contributed by atoms with Crippen molar-refractivity contribution in [1.82, 2.24) is 15.5 Å². The summed E-state index contributed by atoms with van der Waals surface area (Å²) in [4.78, 5) is 11.9. The average molecular weight is 290 g/mol. The molecule has 1 saturated heterocycles. The van der Waals surface area contributed by atoms with E-state index >= 15 is 0 Å². The summed E-state index contributed by atoms with van der Waals surface area (Å²) in [6.45, 7) is 0.894. The minimum Gasteiger partial charge on any atom is -0.465 e. The van der Waals surface area contributed by atoms with Crippen molar-refractivity contribution < 1.29 is 9.21 Å². The van der Waals surface area contributed by atoms with Crippen molar-refractivity contribution in [2.75, 3.05) is 11.9 Å². The number of aromatic nitrogens is 2. The highest BCUT2D eigenvalue weighted by atomic mass is 32.1. The maximum absolute atomic E-state index is 11.9. The largest absolute Gasteiger partial charge is 0.465 e. The second-order valence-corrected chi connectivity index (χ2v) is 5.44. The Kier molecular flexibility index (Phi) is 3.89. The molecule has 1 aliphatic rings. The third-order valence-corrected chi connectivity index (χ3v) is 3.78. The number of hydrogen-bond acceptors (Lipinski definition) is 6. The topological polar surface area (TPSA) is 80.1 Å². The average Bonchev–Trinajstić information content (AvgIpc) is 3.19. The molecule has 0 radical (unpaired) electrons. The molecule has 0 aromatic carbocycles. The van der Waals surface area contributed by atoms with Crippen LogP contribution in [0.4, 0.5) is 5.13 Å². The number of hydrogen-bond donors (Lipinski definition) is 2. The predicted molar refractivity (Wildman–Crippen MR) is 77.2 cm³/mol. The van der Waals surface area contributed by atoms with Gasteiger partial charge in [-0.3, -0.25) is 10.1 Å². The van der Waals surface area contributed by atoms with Gasteiger partial charge in [0, 0.05) is 0 Å². The summed E-state index contributed by atoms with van der Waals surface area (Å²) in [6, 6.07) is 3.56. The van der Waals surface area contributed by atoms with Crippen LogP contribution < -0.4 is 10.6 Å². The van der Waals surface area contributed by atoms with Gasteiger partial charge >= 0.3 is 0 Å². The lowest BCUT2D eigenvalue weighted by Gasteiger charge is -2.07. The second kappa shape index (κ2) is 5.98. The fourth-order valence-electron chi connectivity index (χ4n) is 1.99. The van der Waals surface area contributed by atoms with Gasteiger partial charge in [-0.2, -0.15) is 0 Å². The summed E-state index contributed by atoms with van der Waals surface area (Å²) >= 11 is 1.33. The van der Waals surface area contributed by atoms with Crippen molar-refractivity contribution >= 4 is 34.5 Å². The smallest absolute Gasteiger partial charge is 0.243 e. The minimum absolute atomic E-state index is 0.0415. The van der Waals surface area contributed by atoms with E-state index in [1.54, 1.807) is 12.3 Å². The molecule has 3 rings (SSSR count). The Balaban J connectivity index is 1.60. The Morgan fingerprint density at radius 3 is 3.20 bits per heavy atom. The number of furan rings is 1. The number of nitrogens with zero attached hydrogens (tertiary/aromatic N) is 2. The Bertz CT molecular complexity index is 600. The summed E-state index contributed by atoms with van der Waals surface area (Å²) < 4.78 is 5.19. The Morgan fingerprint density at radius 1 is 1.50 bits per heavy atom. The van der Waals surface area contributed by atoms with E-state index in [0.29, 0.717) is 5.13 Å². The van der Waals surface area contributed by atoms with Crippen LogP contribution in [0.5, 0.6) is 0 Å². The van der Waals surface area contributed by atoms with Gasteiger partial charge in [0.1, 0.15) is 10.8 Å². The molecular weight excluding hydrogens is 276 g/mol. The van der Waals surface area contributed by atoms with Gasteiger partial charge in [0.05, 0.1) is 12.3 Å². The summed E-state index contributed by atoms with van der Waals surface area (Å²) in [5, 5.41) is 15.1. The number of rotatable bonds is 4. The molecule has 3 heterocycles. The molecule has 0 aliphatic carbocycles. The Hall–Kier alpha value is -1.99. The van der Waals surface area contributed by atoms with Crippen LogP contribution >= 0.6 is 11.3 Å². The number of carbonyl (C=O) groups is 1. The zero-order chi connectivity index (χ0) is 13.8. The number of carbonyl (C=O) groups excluding carboxylic acids is 1. The standard InChI is InChI=1S/C13H14N4O2S/c18-12(10-4-1-7-14-10)15-13-17-16-11(20-13)6-5-9-3-2-8-19-9/h2-3,5-6,8,10,14H,1,4,7H2,(H,15,17,18)/b6-5+. The van der Waals surface area contributed by atoms with Gasteiger partial charge in [-0.25, -0.2) is 0 Å². The lowest BCUT2D eigenvalue weighted by molar-refractivity contribution is -0.117. The van der Waals surface area contributed by atoms with Gasteiger partial charge in [-0.1, -0.05) is 11.3 Å². The first-order valence-electron chi connectivity index (χ1n) is 6.40. The van der Waals surface area contributed by atoms with E-state index in [0.717, 1.165) is 30.2 Å². The molecule has 2 N–H and O–H groups in total. The van der Waals surface area contributed by atoms with Crippen LogP contribution in [0.3, 0.4) is 0 Å². The Labute approximate surface area is 119 Å². The van der Waals surface area contributed by atoms with Crippen LogP contribution in [0.25, 0.3) is 12.2 Å². The van der Waals surface area contributed by atoms with Gasteiger partial charge in [-0.05, 0) is 43.7 Å². The van der Waals surface area contributed by atoms with Crippen LogP contribution in [-0.2, 0) is 4.79 Å². The first kappa shape index (κ1) is 13.0. The van der Waals surface area contributed by atoms with E-state index in [9.17, 15) is 4.79 Å². The highest BCUT2D eigenvalue weighted by molar-refractivity contribution is 7.16. The monoisotopic (exact) mass is 290 g/mol. The number of anilines is 1. The normalized spacial score (nSPS) is 18.7. The zero-order valence-electron chi connectivity index (χ0n) is 10.7. The summed E-state index contributed by atoms with van der Waals surface area (Å²) in [5.74, 6) is 0.709. The van der Waals surface area contributed by atoms with Crippen molar-refractivity contribution in [3.8, 4) is 0 Å². The molecule has 1 aliphatic heterocycles. The lowest BCUT2D eigenvalue weighted by atomic mass is 10.2. The molecule has 104 valence electrons. The molecule has 2 aromatic rings. The molecule has 0 saturated carbocycles. The molecular formula is C13H14N4O2S. The summed E-state index contributed by atoms with van der Waals surface area (Å²) in [5.41, 5.74) is 0. The first-order chi connectivity index (χ1) is 9.81. The molecule has 6 nitrogen and oxygen atoms in total. The van der Waals surface area contributed by atoms with E-state index in [1.807, 2.05) is 18.2 Å². The third-order valence-electron chi connectivity index (χ3n) is 2.98. The van der Waals surface area contributed by atoms with E-state index < -0.39 is 0 Å². The predicted octanol–water partition coefficient (Wildman–Crippen LogP) is 1.99. The quantitative estimate of drug-likeness (QED) is 0.900. The van der Waals surface area contributed by atoms with Gasteiger partial charge in [0.2, 0.25) is 11.0 Å². The molecule has 2 aromatic heterocycles. The summed E-state index contributed by atoms with van der Waals surface area (Å²) in [7, 11) is 0. The molecule has 1 atom stereocenters. The lowest BCUT2D eigenvalue weighted by Crippen LogP contribution is -2.35. The molecule has 7 heteroatoms. The van der Waals surface area contributed by atoms with Crippen molar-refractivity contribution in [2.45, 2.75) is 18.9 Å². The molecule has 0 bridgehead atoms. The molecule has 1 unspecified atom stereocenters. The van der Waals surface area contributed by atoms with E-state index in [2.05, 4.69) is 20.8 Å². The van der Waals surface area contributed by atoms with Crippen LogP contribution in [0, 0.1) is 0 Å². The van der Waals surface area contributed by atoms with Crippen molar-refractivity contribution in [3.63, 3.8) is 0 Å². The maximum atomic E-state index is 11.9. The highest BCUT2D eigenvalue weighted by Crippen LogP contribution is 2.18.